The van der Waals surface area contributed by atoms with E-state index < -0.39 is 21.0 Å². The molecule has 1 amide bonds. The third-order valence-corrected chi connectivity index (χ3v) is 8.04. The third kappa shape index (κ3) is 4.63. The molecule has 2 heterocycles. The lowest BCUT2D eigenvalue weighted by molar-refractivity contribution is -0.120. The summed E-state index contributed by atoms with van der Waals surface area (Å²) < 4.78 is 28.0. The maximum atomic E-state index is 12.8. The van der Waals surface area contributed by atoms with Crippen molar-refractivity contribution in [1.29, 1.82) is 0 Å². The standard InChI is InChI=1S/C24H28N4O5S/c1-26-20-10-9-18(16-21(20)27(2)24(31)23(26)30)34(32,33)15-11-22(29)25-12-14-28-13-5-7-17-6-3-4-8-19(17)28/h3-4,6,8-10,16H,5,7,11-15H2,1-2H3,(H,25,29). The number of aromatic nitrogens is 2. The van der Waals surface area contributed by atoms with Gasteiger partial charge in [0, 0.05) is 45.8 Å². The molecule has 10 heteroatoms. The van der Waals surface area contributed by atoms with E-state index in [1.54, 1.807) is 0 Å². The Hall–Kier alpha value is -3.40. The van der Waals surface area contributed by atoms with Crippen LogP contribution in [0.25, 0.3) is 11.0 Å². The number of sulfone groups is 1. The minimum Gasteiger partial charge on any atom is -0.370 e. The van der Waals surface area contributed by atoms with Gasteiger partial charge < -0.3 is 19.4 Å². The van der Waals surface area contributed by atoms with Crippen LogP contribution >= 0.6 is 0 Å². The van der Waals surface area contributed by atoms with Gasteiger partial charge in [0.05, 0.1) is 21.7 Å². The first-order valence-corrected chi connectivity index (χ1v) is 12.9. The molecule has 0 unspecified atom stereocenters. The number of anilines is 1. The summed E-state index contributed by atoms with van der Waals surface area (Å²) in [4.78, 5) is 38.6. The van der Waals surface area contributed by atoms with E-state index in [4.69, 9.17) is 0 Å². The molecule has 1 aliphatic heterocycles. The van der Waals surface area contributed by atoms with Gasteiger partial charge in [-0.1, -0.05) is 18.2 Å². The van der Waals surface area contributed by atoms with Crippen molar-refractivity contribution >= 4 is 32.5 Å². The number of carbonyl (C=O) groups is 1. The zero-order valence-corrected chi connectivity index (χ0v) is 20.1. The second kappa shape index (κ2) is 9.46. The van der Waals surface area contributed by atoms with Crippen LogP contribution in [0.3, 0.4) is 0 Å². The normalized spacial score (nSPS) is 13.6. The summed E-state index contributed by atoms with van der Waals surface area (Å²) in [5, 5.41) is 2.82. The van der Waals surface area contributed by atoms with Gasteiger partial charge in [0.15, 0.2) is 9.84 Å². The second-order valence-electron chi connectivity index (χ2n) is 8.52. The summed E-state index contributed by atoms with van der Waals surface area (Å²) in [6.45, 7) is 2.02. The first-order valence-electron chi connectivity index (χ1n) is 11.2. The van der Waals surface area contributed by atoms with Crippen LogP contribution in [0.1, 0.15) is 18.4 Å². The van der Waals surface area contributed by atoms with Gasteiger partial charge in [-0.05, 0) is 42.7 Å². The third-order valence-electron chi connectivity index (χ3n) is 6.33. The smallest absolute Gasteiger partial charge is 0.316 e. The Kier molecular flexibility index (Phi) is 6.60. The molecule has 0 fully saturated rings. The first-order chi connectivity index (χ1) is 16.2. The highest BCUT2D eigenvalue weighted by Crippen LogP contribution is 2.26. The van der Waals surface area contributed by atoms with E-state index in [1.807, 2.05) is 12.1 Å². The first kappa shape index (κ1) is 23.7. The molecule has 4 rings (SSSR count). The van der Waals surface area contributed by atoms with Gasteiger partial charge in [-0.15, -0.1) is 0 Å². The number of rotatable bonds is 7. The van der Waals surface area contributed by atoms with E-state index in [0.29, 0.717) is 24.1 Å². The molecular weight excluding hydrogens is 456 g/mol. The average molecular weight is 485 g/mol. The lowest BCUT2D eigenvalue weighted by Crippen LogP contribution is -2.39. The Morgan fingerprint density at radius 3 is 2.47 bits per heavy atom. The molecule has 2 aromatic carbocycles. The van der Waals surface area contributed by atoms with Crippen molar-refractivity contribution in [3.05, 3.63) is 68.7 Å². The van der Waals surface area contributed by atoms with Gasteiger partial charge in [0.25, 0.3) is 0 Å². The van der Waals surface area contributed by atoms with Gasteiger partial charge in [-0.3, -0.25) is 14.4 Å². The monoisotopic (exact) mass is 484 g/mol. The number of hydrogen-bond donors (Lipinski definition) is 1. The number of benzene rings is 2. The molecule has 0 saturated carbocycles. The van der Waals surface area contributed by atoms with Crippen LogP contribution < -0.4 is 21.3 Å². The van der Waals surface area contributed by atoms with Gasteiger partial charge >= 0.3 is 11.1 Å². The second-order valence-corrected chi connectivity index (χ2v) is 10.6. The Labute approximate surface area is 197 Å². The molecule has 1 aliphatic rings. The summed E-state index contributed by atoms with van der Waals surface area (Å²) >= 11 is 0. The largest absolute Gasteiger partial charge is 0.370 e. The summed E-state index contributed by atoms with van der Waals surface area (Å²) in [6, 6.07) is 12.5. The molecule has 1 aromatic heterocycles. The minimum absolute atomic E-state index is 0.00590. The molecule has 9 nitrogen and oxygen atoms in total. The van der Waals surface area contributed by atoms with Crippen LogP contribution in [-0.4, -0.2) is 48.8 Å². The highest BCUT2D eigenvalue weighted by molar-refractivity contribution is 7.91. The van der Waals surface area contributed by atoms with E-state index >= 15 is 0 Å². The molecule has 0 atom stereocenters. The molecular formula is C24H28N4O5S. The number of aryl methyl sites for hydroxylation is 3. The van der Waals surface area contributed by atoms with Crippen molar-refractivity contribution in [3.63, 3.8) is 0 Å². The minimum atomic E-state index is -3.76. The number of carbonyl (C=O) groups excluding carboxylic acids is 1. The van der Waals surface area contributed by atoms with E-state index in [9.17, 15) is 22.8 Å². The molecule has 0 saturated heterocycles. The van der Waals surface area contributed by atoms with Crippen molar-refractivity contribution in [2.24, 2.45) is 14.1 Å². The molecule has 34 heavy (non-hydrogen) atoms. The van der Waals surface area contributed by atoms with Crippen LogP contribution in [0.2, 0.25) is 0 Å². The van der Waals surface area contributed by atoms with Crippen LogP contribution in [-0.2, 0) is 35.1 Å². The van der Waals surface area contributed by atoms with Crippen molar-refractivity contribution < 1.29 is 13.2 Å². The summed E-state index contributed by atoms with van der Waals surface area (Å²) in [5.74, 6) is -0.680. The molecule has 180 valence electrons. The Morgan fingerprint density at radius 2 is 1.71 bits per heavy atom. The van der Waals surface area contributed by atoms with E-state index in [0.717, 1.165) is 24.0 Å². The van der Waals surface area contributed by atoms with E-state index in [1.165, 1.54) is 48.1 Å². The zero-order chi connectivity index (χ0) is 24.5. The van der Waals surface area contributed by atoms with Crippen molar-refractivity contribution in [2.75, 3.05) is 30.3 Å². The number of nitrogens with zero attached hydrogens (tertiary/aromatic N) is 3. The number of hydrogen-bond acceptors (Lipinski definition) is 6. The highest BCUT2D eigenvalue weighted by atomic mass is 32.2. The Morgan fingerprint density at radius 1 is 1.00 bits per heavy atom. The van der Waals surface area contributed by atoms with Crippen molar-refractivity contribution in [2.45, 2.75) is 24.2 Å². The van der Waals surface area contributed by atoms with Crippen LogP contribution in [0, 0.1) is 0 Å². The maximum Gasteiger partial charge on any atom is 0.316 e. The molecule has 0 radical (unpaired) electrons. The number of nitrogens with one attached hydrogen (secondary N) is 1. The van der Waals surface area contributed by atoms with Gasteiger partial charge in [-0.2, -0.15) is 0 Å². The van der Waals surface area contributed by atoms with Gasteiger partial charge in [-0.25, -0.2) is 8.42 Å². The predicted molar refractivity (Wildman–Crippen MR) is 131 cm³/mol. The molecule has 0 aliphatic carbocycles. The SMILES string of the molecule is Cn1c(=O)c(=O)n(C)c2cc(S(=O)(=O)CCC(=O)NCCN3CCCc4ccccc43)ccc21. The van der Waals surface area contributed by atoms with Crippen LogP contribution in [0.15, 0.2) is 56.9 Å². The molecule has 1 N–H and O–H groups in total. The van der Waals surface area contributed by atoms with Gasteiger partial charge in [0.1, 0.15) is 0 Å². The van der Waals surface area contributed by atoms with Crippen LogP contribution in [0.4, 0.5) is 5.69 Å². The Balaban J connectivity index is 1.38. The molecule has 3 aromatic rings. The summed E-state index contributed by atoms with van der Waals surface area (Å²) in [5.41, 5.74) is 1.85. The fraction of sp³-hybridized carbons (Fsp3) is 0.375. The quantitative estimate of drug-likeness (QED) is 0.501. The average Bonchev–Trinajstić information content (AvgIpc) is 2.84. The summed E-state index contributed by atoms with van der Waals surface area (Å²) in [6.07, 6.45) is 1.95. The van der Waals surface area contributed by atoms with Crippen molar-refractivity contribution in [1.82, 2.24) is 14.5 Å². The van der Waals surface area contributed by atoms with Crippen LogP contribution in [0.5, 0.6) is 0 Å². The zero-order valence-electron chi connectivity index (χ0n) is 19.3. The molecule has 0 spiro atoms. The topological polar surface area (TPSA) is 110 Å². The number of amides is 1. The van der Waals surface area contributed by atoms with E-state index in [-0.39, 0.29) is 23.0 Å². The number of para-hydroxylation sites is 1. The van der Waals surface area contributed by atoms with E-state index in [2.05, 4.69) is 22.3 Å². The highest BCUT2D eigenvalue weighted by Gasteiger charge is 2.20. The van der Waals surface area contributed by atoms with Crippen molar-refractivity contribution in [3.8, 4) is 0 Å². The summed E-state index contributed by atoms with van der Waals surface area (Å²) in [7, 11) is -0.866. The predicted octanol–water partition coefficient (Wildman–Crippen LogP) is 0.970. The Bertz CT molecular complexity index is 1470. The van der Waals surface area contributed by atoms with Gasteiger partial charge in [0.2, 0.25) is 5.91 Å². The lowest BCUT2D eigenvalue weighted by atomic mass is 10.0. The maximum absolute atomic E-state index is 12.8. The fourth-order valence-electron chi connectivity index (χ4n) is 4.36. The fourth-order valence-corrected chi connectivity index (χ4v) is 5.62. The lowest BCUT2D eigenvalue weighted by Gasteiger charge is -2.31. The molecule has 0 bridgehead atoms. The number of fused-ring (bicyclic) bond motifs is 2.